The van der Waals surface area contributed by atoms with Crippen LogP contribution in [0.2, 0.25) is 0 Å². The van der Waals surface area contributed by atoms with E-state index in [1.165, 1.54) is 24.9 Å². The van der Waals surface area contributed by atoms with Crippen molar-refractivity contribution in [1.82, 2.24) is 4.90 Å². The van der Waals surface area contributed by atoms with Gasteiger partial charge in [-0.15, -0.1) is 0 Å². The van der Waals surface area contributed by atoms with Gasteiger partial charge in [0.25, 0.3) is 11.6 Å². The first-order valence-corrected chi connectivity index (χ1v) is 8.22. The third-order valence-electron chi connectivity index (χ3n) is 3.94. The lowest BCUT2D eigenvalue weighted by Gasteiger charge is -2.20. The molecular weight excluding hydrogens is 328 g/mol. The molecule has 25 heavy (non-hydrogen) atoms. The van der Waals surface area contributed by atoms with Crippen molar-refractivity contribution in [1.29, 1.82) is 0 Å². The number of benzene rings is 1. The summed E-state index contributed by atoms with van der Waals surface area (Å²) in [5, 5.41) is 20.7. The normalized spacial score (nSPS) is 16.0. The van der Waals surface area contributed by atoms with Crippen LogP contribution in [0.4, 0.5) is 5.69 Å². The molecule has 1 fully saturated rings. The maximum Gasteiger partial charge on any atom is 0.286 e. The Morgan fingerprint density at radius 2 is 2.08 bits per heavy atom. The van der Waals surface area contributed by atoms with Crippen LogP contribution in [0.3, 0.4) is 0 Å². The topological polar surface area (TPSA) is 110 Å². The number of aldehydes is 1. The number of aromatic hydroxyl groups is 1. The predicted molar refractivity (Wildman–Crippen MR) is 92.0 cm³/mol. The summed E-state index contributed by atoms with van der Waals surface area (Å²) in [5.41, 5.74) is -0.724. The number of unbranched alkanes of at least 4 members (excludes halogenated alkanes) is 1. The van der Waals surface area contributed by atoms with E-state index >= 15 is 0 Å². The van der Waals surface area contributed by atoms with Crippen molar-refractivity contribution in [3.05, 3.63) is 27.8 Å². The Bertz CT molecular complexity index is 630. The monoisotopic (exact) mass is 352 g/mol. The molecule has 1 atom stereocenters. The van der Waals surface area contributed by atoms with Gasteiger partial charge in [0.2, 0.25) is 0 Å². The molecule has 138 valence electrons. The highest BCUT2D eigenvalue weighted by Crippen LogP contribution is 2.35. The lowest BCUT2D eigenvalue weighted by molar-refractivity contribution is -0.385. The first kappa shape index (κ1) is 20.4. The Labute approximate surface area is 146 Å². The van der Waals surface area contributed by atoms with E-state index in [4.69, 9.17) is 4.74 Å². The Balaban J connectivity index is 0.000000705. The molecule has 1 aromatic carbocycles. The number of rotatable bonds is 5. The molecule has 1 aliphatic heterocycles. The number of hydrogen-bond acceptors (Lipinski definition) is 6. The van der Waals surface area contributed by atoms with E-state index in [-0.39, 0.29) is 11.3 Å². The highest BCUT2D eigenvalue weighted by molar-refractivity contribution is 6.00. The molecule has 0 bridgehead atoms. The molecule has 8 heteroatoms. The number of amides is 1. The van der Waals surface area contributed by atoms with Crippen molar-refractivity contribution in [3.8, 4) is 11.5 Å². The minimum atomic E-state index is -0.752. The van der Waals surface area contributed by atoms with Gasteiger partial charge in [0.05, 0.1) is 24.1 Å². The van der Waals surface area contributed by atoms with E-state index in [0.29, 0.717) is 25.7 Å². The Morgan fingerprint density at radius 3 is 2.56 bits per heavy atom. The van der Waals surface area contributed by atoms with Crippen molar-refractivity contribution in [2.75, 3.05) is 13.7 Å². The van der Waals surface area contributed by atoms with Gasteiger partial charge in [-0.05, 0) is 12.8 Å². The van der Waals surface area contributed by atoms with E-state index in [2.05, 4.69) is 13.8 Å². The second-order valence-electron chi connectivity index (χ2n) is 5.64. The lowest BCUT2D eigenvalue weighted by atomic mass is 10.1. The van der Waals surface area contributed by atoms with Crippen LogP contribution in [0.1, 0.15) is 49.9 Å². The Morgan fingerprint density at radius 1 is 1.44 bits per heavy atom. The summed E-state index contributed by atoms with van der Waals surface area (Å²) in [6, 6.07) is 1.42. The van der Waals surface area contributed by atoms with Crippen molar-refractivity contribution in [3.63, 3.8) is 0 Å². The van der Waals surface area contributed by atoms with Crippen molar-refractivity contribution < 1.29 is 24.4 Å². The Hall–Kier alpha value is -2.64. The maximum absolute atomic E-state index is 12.4. The third-order valence-corrected chi connectivity index (χ3v) is 3.94. The number of nitro benzene ring substituents is 1. The number of nitro groups is 1. The number of hydrogen-bond donors (Lipinski definition) is 1. The van der Waals surface area contributed by atoms with E-state index in [1.54, 1.807) is 0 Å². The van der Waals surface area contributed by atoms with Gasteiger partial charge < -0.3 is 19.5 Å². The standard InChI is InChI=1S/C13H14N2O6.C4H10/c1-21-12-5-9(10(15(19)20)6-11(12)17)13(18)14-4-2-3-8(14)7-16;1-3-4-2/h5-8,17H,2-4H2,1H3;3-4H2,1-2H3. The summed E-state index contributed by atoms with van der Waals surface area (Å²) in [7, 11) is 1.28. The average molecular weight is 352 g/mol. The SMILES string of the molecule is CCCC.COc1cc(C(=O)N2CCCC2C=O)c([N+](=O)[O-])cc1O. The second-order valence-corrected chi connectivity index (χ2v) is 5.64. The molecule has 0 aliphatic carbocycles. The number of nitrogens with zero attached hydrogens (tertiary/aromatic N) is 2. The average Bonchev–Trinajstić information content (AvgIpc) is 3.09. The van der Waals surface area contributed by atoms with Gasteiger partial charge >= 0.3 is 0 Å². The van der Waals surface area contributed by atoms with Gasteiger partial charge in [-0.3, -0.25) is 14.9 Å². The molecule has 0 radical (unpaired) electrons. The Kier molecular flexibility index (Phi) is 7.84. The fourth-order valence-corrected chi connectivity index (χ4v) is 2.38. The second kappa shape index (κ2) is 9.61. The molecular formula is C17H24N2O6. The summed E-state index contributed by atoms with van der Waals surface area (Å²) in [6.07, 6.45) is 4.50. The number of phenolic OH excluding ortho intramolecular Hbond substituents is 1. The van der Waals surface area contributed by atoms with E-state index < -0.39 is 28.3 Å². The number of phenols is 1. The quantitative estimate of drug-likeness (QED) is 0.495. The van der Waals surface area contributed by atoms with Crippen LogP contribution in [0, 0.1) is 10.1 Å². The zero-order valence-corrected chi connectivity index (χ0v) is 14.7. The first-order chi connectivity index (χ1) is 11.9. The molecule has 1 amide bonds. The van der Waals surface area contributed by atoms with Crippen LogP contribution in [-0.4, -0.2) is 46.8 Å². The molecule has 0 aromatic heterocycles. The number of methoxy groups -OCH3 is 1. The van der Waals surface area contributed by atoms with Gasteiger partial charge in [0.1, 0.15) is 11.8 Å². The predicted octanol–water partition coefficient (Wildman–Crippen LogP) is 2.92. The van der Waals surface area contributed by atoms with Crippen LogP contribution in [0.25, 0.3) is 0 Å². The van der Waals surface area contributed by atoms with Crippen LogP contribution >= 0.6 is 0 Å². The molecule has 1 N–H and O–H groups in total. The maximum atomic E-state index is 12.4. The molecule has 1 aliphatic rings. The molecule has 8 nitrogen and oxygen atoms in total. The highest BCUT2D eigenvalue weighted by atomic mass is 16.6. The van der Waals surface area contributed by atoms with Gasteiger partial charge in [0, 0.05) is 12.6 Å². The van der Waals surface area contributed by atoms with Crippen molar-refractivity contribution in [2.24, 2.45) is 0 Å². The summed E-state index contributed by atoms with van der Waals surface area (Å²) in [6.45, 7) is 4.72. The van der Waals surface area contributed by atoms with Crippen LogP contribution in [-0.2, 0) is 4.79 Å². The van der Waals surface area contributed by atoms with Gasteiger partial charge in [-0.25, -0.2) is 0 Å². The van der Waals surface area contributed by atoms with E-state index in [0.717, 1.165) is 12.1 Å². The first-order valence-electron chi connectivity index (χ1n) is 8.22. The van der Waals surface area contributed by atoms with Gasteiger partial charge in [0.15, 0.2) is 11.5 Å². The van der Waals surface area contributed by atoms with Crippen molar-refractivity contribution in [2.45, 2.75) is 45.6 Å². The summed E-state index contributed by atoms with van der Waals surface area (Å²) < 4.78 is 4.87. The van der Waals surface area contributed by atoms with Crippen molar-refractivity contribution >= 4 is 17.9 Å². The van der Waals surface area contributed by atoms with Gasteiger partial charge in [-0.2, -0.15) is 0 Å². The van der Waals surface area contributed by atoms with Crippen LogP contribution in [0.5, 0.6) is 11.5 Å². The zero-order chi connectivity index (χ0) is 19.0. The molecule has 1 saturated heterocycles. The number of ether oxygens (including phenoxy) is 1. The van der Waals surface area contributed by atoms with Crippen LogP contribution < -0.4 is 4.74 Å². The molecule has 2 rings (SSSR count). The van der Waals surface area contributed by atoms with Gasteiger partial charge in [-0.1, -0.05) is 26.7 Å². The molecule has 0 spiro atoms. The molecule has 0 saturated carbocycles. The van der Waals surface area contributed by atoms with E-state index in [9.17, 15) is 24.8 Å². The number of carbonyl (C=O) groups excluding carboxylic acids is 2. The fourth-order valence-electron chi connectivity index (χ4n) is 2.38. The molecule has 1 aromatic rings. The number of carbonyl (C=O) groups is 2. The third kappa shape index (κ3) is 4.91. The highest BCUT2D eigenvalue weighted by Gasteiger charge is 2.33. The minimum Gasteiger partial charge on any atom is -0.504 e. The molecule has 1 heterocycles. The summed E-state index contributed by atoms with van der Waals surface area (Å²) >= 11 is 0. The smallest absolute Gasteiger partial charge is 0.286 e. The number of likely N-dealkylation sites (tertiary alicyclic amines) is 1. The fraction of sp³-hybridized carbons (Fsp3) is 0.529. The molecule has 1 unspecified atom stereocenters. The lowest BCUT2D eigenvalue weighted by Crippen LogP contribution is -2.36. The zero-order valence-electron chi connectivity index (χ0n) is 14.7. The summed E-state index contributed by atoms with van der Waals surface area (Å²) in [4.78, 5) is 35.0. The largest absolute Gasteiger partial charge is 0.504 e. The summed E-state index contributed by atoms with van der Waals surface area (Å²) in [5.74, 6) is -1.07. The van der Waals surface area contributed by atoms with Crippen LogP contribution in [0.15, 0.2) is 12.1 Å². The van der Waals surface area contributed by atoms with E-state index in [1.807, 2.05) is 0 Å². The minimum absolute atomic E-state index is 0.0363.